The van der Waals surface area contributed by atoms with Crippen LogP contribution in [0.5, 0.6) is 0 Å². The van der Waals surface area contributed by atoms with E-state index in [-0.39, 0.29) is 22.7 Å². The molecule has 0 saturated heterocycles. The van der Waals surface area contributed by atoms with E-state index in [9.17, 15) is 4.79 Å². The average Bonchev–Trinajstić information content (AvgIpc) is 2.49. The van der Waals surface area contributed by atoms with Crippen LogP contribution in [0, 0.1) is 5.41 Å². The highest BCUT2D eigenvalue weighted by Crippen LogP contribution is 2.44. The van der Waals surface area contributed by atoms with Crippen molar-refractivity contribution in [2.24, 2.45) is 5.41 Å². The third-order valence-corrected chi connectivity index (χ3v) is 3.62. The Labute approximate surface area is 110 Å². The number of rotatable bonds is 0. The number of nitrogens with one attached hydrogen (secondary N) is 1. The normalized spacial score (nSPS) is 19.7. The van der Waals surface area contributed by atoms with Gasteiger partial charge in [-0.3, -0.25) is 4.79 Å². The van der Waals surface area contributed by atoms with Crippen molar-refractivity contribution in [3.63, 3.8) is 0 Å². The van der Waals surface area contributed by atoms with Crippen molar-refractivity contribution >= 4 is 11.6 Å². The number of fused-ring (bicyclic) bond motifs is 1. The largest absolute Gasteiger partial charge is 0.325 e. The first-order valence-electron chi connectivity index (χ1n) is 6.56. The van der Waals surface area contributed by atoms with Gasteiger partial charge in [-0.05, 0) is 28.0 Å². The number of hydrogen-bond donors (Lipinski definition) is 1. The van der Waals surface area contributed by atoms with Crippen LogP contribution in [0.1, 0.15) is 58.6 Å². The summed E-state index contributed by atoms with van der Waals surface area (Å²) in [7, 11) is 0. The van der Waals surface area contributed by atoms with E-state index < -0.39 is 0 Å². The van der Waals surface area contributed by atoms with Crippen LogP contribution < -0.4 is 5.32 Å². The van der Waals surface area contributed by atoms with Crippen LogP contribution in [-0.4, -0.2) is 5.91 Å². The lowest BCUT2D eigenvalue weighted by Crippen LogP contribution is -2.25. The molecule has 1 amide bonds. The molecule has 1 atom stereocenters. The average molecular weight is 245 g/mol. The Morgan fingerprint density at radius 3 is 2.17 bits per heavy atom. The van der Waals surface area contributed by atoms with Crippen LogP contribution in [-0.2, 0) is 10.2 Å². The Bertz CT molecular complexity index is 489. The number of amides is 1. The standard InChI is InChI=1S/C16H23NO/c1-15(2,3)10-7-8-11-12(9-10)17-14(18)13(11)16(4,5)6/h7-9,13H,1-6H3,(H,17,18). The molecule has 0 aromatic heterocycles. The second-order valence-corrected chi connectivity index (χ2v) is 7.34. The van der Waals surface area contributed by atoms with Gasteiger partial charge in [-0.15, -0.1) is 0 Å². The van der Waals surface area contributed by atoms with Crippen molar-refractivity contribution < 1.29 is 4.79 Å². The number of anilines is 1. The van der Waals surface area contributed by atoms with E-state index in [1.165, 1.54) is 5.56 Å². The SMILES string of the molecule is CC(C)(C)c1ccc2c(c1)NC(=O)C2C(C)(C)C. The fraction of sp³-hybridized carbons (Fsp3) is 0.562. The van der Waals surface area contributed by atoms with E-state index in [0.29, 0.717) is 0 Å². The maximum absolute atomic E-state index is 12.1. The van der Waals surface area contributed by atoms with Crippen LogP contribution in [0.4, 0.5) is 5.69 Å². The van der Waals surface area contributed by atoms with Gasteiger partial charge in [-0.2, -0.15) is 0 Å². The topological polar surface area (TPSA) is 29.1 Å². The fourth-order valence-corrected chi connectivity index (χ4v) is 2.59. The molecule has 1 aromatic rings. The van der Waals surface area contributed by atoms with Gasteiger partial charge in [-0.25, -0.2) is 0 Å². The van der Waals surface area contributed by atoms with Crippen molar-refractivity contribution in [1.82, 2.24) is 0 Å². The maximum atomic E-state index is 12.1. The Morgan fingerprint density at radius 2 is 1.67 bits per heavy atom. The van der Waals surface area contributed by atoms with E-state index in [0.717, 1.165) is 11.3 Å². The highest BCUT2D eigenvalue weighted by atomic mass is 16.2. The number of hydrogen-bond acceptors (Lipinski definition) is 1. The predicted molar refractivity (Wildman–Crippen MR) is 76.0 cm³/mol. The molecule has 0 saturated carbocycles. The van der Waals surface area contributed by atoms with Crippen molar-refractivity contribution in [3.05, 3.63) is 29.3 Å². The van der Waals surface area contributed by atoms with Gasteiger partial charge in [0.25, 0.3) is 0 Å². The third-order valence-electron chi connectivity index (χ3n) is 3.62. The molecule has 98 valence electrons. The van der Waals surface area contributed by atoms with Gasteiger partial charge in [0.2, 0.25) is 5.91 Å². The van der Waals surface area contributed by atoms with Gasteiger partial charge in [0.05, 0.1) is 5.92 Å². The fourth-order valence-electron chi connectivity index (χ4n) is 2.59. The second-order valence-electron chi connectivity index (χ2n) is 7.34. The van der Waals surface area contributed by atoms with Crippen LogP contribution in [0.3, 0.4) is 0 Å². The van der Waals surface area contributed by atoms with E-state index >= 15 is 0 Å². The molecule has 2 heteroatoms. The molecular formula is C16H23NO. The number of carbonyl (C=O) groups is 1. The minimum Gasteiger partial charge on any atom is -0.325 e. The van der Waals surface area contributed by atoms with Crippen LogP contribution in [0.25, 0.3) is 0 Å². The van der Waals surface area contributed by atoms with Gasteiger partial charge in [0.15, 0.2) is 0 Å². The monoisotopic (exact) mass is 245 g/mol. The lowest BCUT2D eigenvalue weighted by Gasteiger charge is -2.25. The summed E-state index contributed by atoms with van der Waals surface area (Å²) in [4.78, 5) is 12.1. The van der Waals surface area contributed by atoms with Crippen LogP contribution in [0.15, 0.2) is 18.2 Å². The molecule has 1 heterocycles. The van der Waals surface area contributed by atoms with Gasteiger partial charge < -0.3 is 5.32 Å². The lowest BCUT2D eigenvalue weighted by atomic mass is 9.76. The molecule has 0 fully saturated rings. The van der Waals surface area contributed by atoms with Gasteiger partial charge >= 0.3 is 0 Å². The van der Waals surface area contributed by atoms with Crippen molar-refractivity contribution in [3.8, 4) is 0 Å². The van der Waals surface area contributed by atoms with Crippen LogP contribution in [0.2, 0.25) is 0 Å². The summed E-state index contributed by atoms with van der Waals surface area (Å²) in [6, 6.07) is 6.39. The summed E-state index contributed by atoms with van der Waals surface area (Å²) in [6.45, 7) is 12.9. The van der Waals surface area contributed by atoms with E-state index in [4.69, 9.17) is 0 Å². The molecule has 1 aromatic carbocycles. The molecule has 0 aliphatic carbocycles. The molecule has 0 spiro atoms. The van der Waals surface area contributed by atoms with Gasteiger partial charge in [-0.1, -0.05) is 53.7 Å². The van der Waals surface area contributed by atoms with Crippen molar-refractivity contribution in [2.75, 3.05) is 5.32 Å². The first-order chi connectivity index (χ1) is 8.10. The molecule has 1 aliphatic rings. The summed E-state index contributed by atoms with van der Waals surface area (Å²) in [5, 5.41) is 3.03. The molecule has 2 nitrogen and oxygen atoms in total. The minimum atomic E-state index is -0.0431. The number of carbonyl (C=O) groups excluding carboxylic acids is 1. The molecule has 18 heavy (non-hydrogen) atoms. The Morgan fingerprint density at radius 1 is 1.06 bits per heavy atom. The molecule has 0 bridgehead atoms. The molecule has 0 radical (unpaired) electrons. The summed E-state index contributed by atoms with van der Waals surface area (Å²) < 4.78 is 0. The maximum Gasteiger partial charge on any atom is 0.232 e. The van der Waals surface area contributed by atoms with Gasteiger partial charge in [0, 0.05) is 5.69 Å². The number of benzene rings is 1. The first-order valence-corrected chi connectivity index (χ1v) is 6.56. The highest BCUT2D eigenvalue weighted by Gasteiger charge is 2.39. The zero-order valence-electron chi connectivity index (χ0n) is 12.2. The molecule has 1 N–H and O–H groups in total. The summed E-state index contributed by atoms with van der Waals surface area (Å²) in [5.74, 6) is 0.0880. The van der Waals surface area contributed by atoms with Crippen LogP contribution >= 0.6 is 0 Å². The second kappa shape index (κ2) is 3.84. The van der Waals surface area contributed by atoms with E-state index in [1.807, 2.05) is 0 Å². The Balaban J connectivity index is 2.48. The minimum absolute atomic E-state index is 0.0403. The Hall–Kier alpha value is -1.31. The van der Waals surface area contributed by atoms with Crippen molar-refractivity contribution in [1.29, 1.82) is 0 Å². The third kappa shape index (κ3) is 2.16. The quantitative estimate of drug-likeness (QED) is 0.733. The predicted octanol–water partition coefficient (Wildman–Crippen LogP) is 4.07. The summed E-state index contributed by atoms with van der Waals surface area (Å²) >= 11 is 0. The first kappa shape index (κ1) is 13.1. The zero-order valence-corrected chi connectivity index (χ0v) is 12.2. The highest BCUT2D eigenvalue weighted by molar-refractivity contribution is 6.03. The molecular weight excluding hydrogens is 222 g/mol. The van der Waals surface area contributed by atoms with E-state index in [1.54, 1.807) is 0 Å². The smallest absolute Gasteiger partial charge is 0.232 e. The molecule has 1 unspecified atom stereocenters. The lowest BCUT2D eigenvalue weighted by molar-refractivity contribution is -0.119. The van der Waals surface area contributed by atoms with E-state index in [2.05, 4.69) is 65.1 Å². The Kier molecular flexibility index (Phi) is 2.80. The molecule has 1 aliphatic heterocycles. The van der Waals surface area contributed by atoms with Gasteiger partial charge in [0.1, 0.15) is 0 Å². The summed E-state index contributed by atoms with van der Waals surface area (Å²) in [6.07, 6.45) is 0. The van der Waals surface area contributed by atoms with Crippen molar-refractivity contribution in [2.45, 2.75) is 52.9 Å². The summed E-state index contributed by atoms with van der Waals surface area (Å²) in [5.41, 5.74) is 3.46. The molecule has 2 rings (SSSR count). The zero-order chi connectivity index (χ0) is 13.7.